The minimum absolute atomic E-state index is 0.0936. The van der Waals surface area contributed by atoms with Gasteiger partial charge in [0.25, 0.3) is 0 Å². The summed E-state index contributed by atoms with van der Waals surface area (Å²) in [7, 11) is 0. The molecule has 1 amide bonds. The Morgan fingerprint density at radius 1 is 1.37 bits per heavy atom. The number of primary amides is 1. The number of halogens is 2. The second-order valence-corrected chi connectivity index (χ2v) is 9.34. The average Bonchev–Trinajstić information content (AvgIpc) is 3.13. The molecule has 3 aromatic rings. The minimum Gasteiger partial charge on any atom is -0.449 e. The first-order chi connectivity index (χ1) is 14.3. The number of anilines is 1. The van der Waals surface area contributed by atoms with Crippen molar-refractivity contribution in [3.05, 3.63) is 34.4 Å². The van der Waals surface area contributed by atoms with Crippen LogP contribution in [0.1, 0.15) is 19.8 Å². The molecule has 0 saturated carbocycles. The summed E-state index contributed by atoms with van der Waals surface area (Å²) in [5, 5.41) is 9.88. The molecule has 3 N–H and O–H groups in total. The van der Waals surface area contributed by atoms with Crippen LogP contribution in [0.4, 0.5) is 10.7 Å². The molecule has 1 aliphatic rings. The summed E-state index contributed by atoms with van der Waals surface area (Å²) in [6.45, 7) is 3.94. The number of amides is 1. The molecule has 4 rings (SSSR count). The van der Waals surface area contributed by atoms with Crippen LogP contribution in [-0.2, 0) is 4.74 Å². The van der Waals surface area contributed by atoms with Gasteiger partial charge in [-0.3, -0.25) is 5.10 Å². The molecule has 1 aromatic carbocycles. The predicted octanol–water partition coefficient (Wildman–Crippen LogP) is 4.51. The Hall–Kier alpha value is -2.23. The summed E-state index contributed by atoms with van der Waals surface area (Å²) in [5.74, 6) is 0.640. The molecule has 158 valence electrons. The van der Waals surface area contributed by atoms with E-state index in [1.54, 1.807) is 12.3 Å². The molecule has 11 heteroatoms. The number of rotatable bonds is 5. The predicted molar refractivity (Wildman–Crippen MR) is 117 cm³/mol. The summed E-state index contributed by atoms with van der Waals surface area (Å²) in [4.78, 5) is 23.0. The van der Waals surface area contributed by atoms with Crippen molar-refractivity contribution >= 4 is 58.0 Å². The van der Waals surface area contributed by atoms with Gasteiger partial charge in [-0.1, -0.05) is 48.0 Å². The molecule has 2 aromatic heterocycles. The molecule has 1 saturated heterocycles. The van der Waals surface area contributed by atoms with Crippen LogP contribution in [0, 0.1) is 5.41 Å². The first-order valence-electron chi connectivity index (χ1n) is 9.35. The normalized spacial score (nSPS) is 16.0. The van der Waals surface area contributed by atoms with E-state index in [2.05, 4.69) is 32.0 Å². The van der Waals surface area contributed by atoms with Gasteiger partial charge in [0.1, 0.15) is 5.03 Å². The zero-order valence-electron chi connectivity index (χ0n) is 16.2. The largest absolute Gasteiger partial charge is 0.449 e. The Morgan fingerprint density at radius 2 is 2.13 bits per heavy atom. The van der Waals surface area contributed by atoms with E-state index in [-0.39, 0.29) is 5.41 Å². The van der Waals surface area contributed by atoms with Gasteiger partial charge < -0.3 is 15.4 Å². The average molecular weight is 467 g/mol. The lowest BCUT2D eigenvalue weighted by Crippen LogP contribution is -2.42. The highest BCUT2D eigenvalue weighted by Gasteiger charge is 2.32. The van der Waals surface area contributed by atoms with E-state index in [4.69, 9.17) is 33.7 Å². The topological polar surface area (TPSA) is 110 Å². The van der Waals surface area contributed by atoms with E-state index in [1.165, 1.54) is 11.8 Å². The van der Waals surface area contributed by atoms with Crippen LogP contribution in [0.15, 0.2) is 34.3 Å². The fraction of sp³-hybridized carbons (Fsp3) is 0.368. The number of carbonyl (C=O) groups is 1. The third-order valence-corrected chi connectivity index (χ3v) is 7.20. The fourth-order valence-electron chi connectivity index (χ4n) is 3.31. The van der Waals surface area contributed by atoms with E-state index in [0.717, 1.165) is 41.2 Å². The third-order valence-electron chi connectivity index (χ3n) is 5.21. The Bertz CT molecular complexity index is 1080. The van der Waals surface area contributed by atoms with Gasteiger partial charge >= 0.3 is 6.09 Å². The van der Waals surface area contributed by atoms with Crippen molar-refractivity contribution in [1.29, 1.82) is 0 Å². The maximum absolute atomic E-state index is 10.9. The summed E-state index contributed by atoms with van der Waals surface area (Å²) in [5.41, 5.74) is 5.65. The van der Waals surface area contributed by atoms with E-state index in [0.29, 0.717) is 28.2 Å². The SMILES string of the molecule is CC1(COC(N)=O)CCN(c2ncc3c(Sc4cccc(Cl)c4Cl)n[nH]c3n2)CC1. The molecule has 0 radical (unpaired) electrons. The number of benzene rings is 1. The zero-order chi connectivity index (χ0) is 21.3. The van der Waals surface area contributed by atoms with Gasteiger partial charge in [-0.15, -0.1) is 0 Å². The van der Waals surface area contributed by atoms with Crippen LogP contribution in [0.3, 0.4) is 0 Å². The van der Waals surface area contributed by atoms with Crippen molar-refractivity contribution in [2.75, 3.05) is 24.6 Å². The Morgan fingerprint density at radius 3 is 2.87 bits per heavy atom. The van der Waals surface area contributed by atoms with Gasteiger partial charge in [-0.05, 0) is 25.0 Å². The lowest BCUT2D eigenvalue weighted by Gasteiger charge is -2.38. The van der Waals surface area contributed by atoms with Gasteiger partial charge in [0, 0.05) is 29.6 Å². The number of piperidine rings is 1. The van der Waals surface area contributed by atoms with Crippen molar-refractivity contribution in [2.45, 2.75) is 29.7 Å². The molecule has 0 atom stereocenters. The summed E-state index contributed by atoms with van der Waals surface area (Å²) in [6.07, 6.45) is 2.73. The Balaban J connectivity index is 1.48. The molecular weight excluding hydrogens is 447 g/mol. The lowest BCUT2D eigenvalue weighted by molar-refractivity contribution is 0.0817. The highest BCUT2D eigenvalue weighted by Crippen LogP contribution is 2.39. The highest BCUT2D eigenvalue weighted by molar-refractivity contribution is 7.99. The first kappa shape index (κ1) is 21.0. The molecule has 30 heavy (non-hydrogen) atoms. The smallest absolute Gasteiger partial charge is 0.404 e. The van der Waals surface area contributed by atoms with Crippen LogP contribution in [-0.4, -0.2) is 46.0 Å². The summed E-state index contributed by atoms with van der Waals surface area (Å²) >= 11 is 13.8. The number of H-pyrrole nitrogens is 1. The van der Waals surface area contributed by atoms with Crippen molar-refractivity contribution in [3.63, 3.8) is 0 Å². The maximum Gasteiger partial charge on any atom is 0.404 e. The number of nitrogens with two attached hydrogens (primary N) is 1. The van der Waals surface area contributed by atoms with Crippen LogP contribution in [0.25, 0.3) is 11.0 Å². The highest BCUT2D eigenvalue weighted by atomic mass is 35.5. The van der Waals surface area contributed by atoms with E-state index in [1.807, 2.05) is 12.1 Å². The van der Waals surface area contributed by atoms with Gasteiger partial charge in [-0.2, -0.15) is 10.1 Å². The number of nitrogens with zero attached hydrogens (tertiary/aromatic N) is 4. The first-order valence-corrected chi connectivity index (χ1v) is 10.9. The van der Waals surface area contributed by atoms with Gasteiger partial charge in [0.2, 0.25) is 5.95 Å². The number of fused-ring (bicyclic) bond motifs is 1. The second-order valence-electron chi connectivity index (χ2n) is 7.52. The van der Waals surface area contributed by atoms with E-state index >= 15 is 0 Å². The van der Waals surface area contributed by atoms with Crippen molar-refractivity contribution in [1.82, 2.24) is 20.2 Å². The fourth-order valence-corrected chi connectivity index (χ4v) is 4.69. The van der Waals surface area contributed by atoms with Crippen molar-refractivity contribution in [3.8, 4) is 0 Å². The molecule has 1 aliphatic heterocycles. The molecule has 3 heterocycles. The summed E-state index contributed by atoms with van der Waals surface area (Å²) < 4.78 is 5.01. The standard InChI is InChI=1S/C19H20Cl2N6O2S/c1-19(10-29-17(22)28)5-7-27(8-6-19)18-23-9-11-15(24-18)25-26-16(11)30-13-4-2-3-12(20)14(13)21/h2-4,9H,5-8,10H2,1H3,(H2,22,28)(H,23,24,25,26). The molecule has 1 fully saturated rings. The van der Waals surface area contributed by atoms with Gasteiger partial charge in [0.05, 0.1) is 22.0 Å². The van der Waals surface area contributed by atoms with Crippen LogP contribution in [0.2, 0.25) is 10.0 Å². The molecular formula is C19H20Cl2N6O2S. The number of hydrogen-bond donors (Lipinski definition) is 2. The number of hydrogen-bond acceptors (Lipinski definition) is 7. The second kappa shape index (κ2) is 8.49. The van der Waals surface area contributed by atoms with Gasteiger partial charge in [0.15, 0.2) is 5.65 Å². The number of aromatic nitrogens is 4. The van der Waals surface area contributed by atoms with E-state index < -0.39 is 6.09 Å². The molecule has 8 nitrogen and oxygen atoms in total. The van der Waals surface area contributed by atoms with Crippen LogP contribution >= 0.6 is 35.0 Å². The summed E-state index contributed by atoms with van der Waals surface area (Å²) in [6, 6.07) is 5.48. The number of carbonyl (C=O) groups excluding carboxylic acids is 1. The van der Waals surface area contributed by atoms with Gasteiger partial charge in [-0.25, -0.2) is 9.78 Å². The Labute approximate surface area is 187 Å². The monoisotopic (exact) mass is 466 g/mol. The molecule has 0 unspecified atom stereocenters. The minimum atomic E-state index is -0.737. The third kappa shape index (κ3) is 4.43. The quantitative estimate of drug-likeness (QED) is 0.568. The van der Waals surface area contributed by atoms with Crippen LogP contribution in [0.5, 0.6) is 0 Å². The molecule has 0 spiro atoms. The van der Waals surface area contributed by atoms with Crippen molar-refractivity contribution in [2.24, 2.45) is 11.1 Å². The van der Waals surface area contributed by atoms with E-state index in [9.17, 15) is 4.79 Å². The number of aromatic amines is 1. The maximum atomic E-state index is 10.9. The molecule has 0 bridgehead atoms. The van der Waals surface area contributed by atoms with Crippen molar-refractivity contribution < 1.29 is 9.53 Å². The zero-order valence-corrected chi connectivity index (χ0v) is 18.5. The Kier molecular flexibility index (Phi) is 5.95. The molecule has 0 aliphatic carbocycles. The number of nitrogens with one attached hydrogen (secondary N) is 1. The number of ether oxygens (including phenoxy) is 1. The van der Waals surface area contributed by atoms with Crippen LogP contribution < -0.4 is 10.6 Å². The lowest BCUT2D eigenvalue weighted by atomic mass is 9.81.